The highest BCUT2D eigenvalue weighted by molar-refractivity contribution is 9.10. The fourth-order valence-corrected chi connectivity index (χ4v) is 5.97. The van der Waals surface area contributed by atoms with E-state index in [-0.39, 0.29) is 37.0 Å². The summed E-state index contributed by atoms with van der Waals surface area (Å²) < 4.78 is 75.9. The van der Waals surface area contributed by atoms with E-state index in [4.69, 9.17) is 18.6 Å². The Bertz CT molecular complexity index is 1700. The second-order valence-electron chi connectivity index (χ2n) is 8.76. The monoisotopic (exact) mass is 668 g/mol. The smallest absolute Gasteiger partial charge is 0.408 e. The summed E-state index contributed by atoms with van der Waals surface area (Å²) in [5.41, 5.74) is 0.761. The van der Waals surface area contributed by atoms with Crippen LogP contribution in [0.25, 0.3) is 20.9 Å². The van der Waals surface area contributed by atoms with Gasteiger partial charge in [0.2, 0.25) is 12.0 Å². The summed E-state index contributed by atoms with van der Waals surface area (Å²) in [5, 5.41) is 4.18. The van der Waals surface area contributed by atoms with Gasteiger partial charge in [0.25, 0.3) is 6.01 Å². The summed E-state index contributed by atoms with van der Waals surface area (Å²) in [6, 6.07) is 10.1. The van der Waals surface area contributed by atoms with Crippen molar-refractivity contribution < 1.29 is 41.0 Å². The zero-order valence-corrected chi connectivity index (χ0v) is 24.1. The first-order valence-corrected chi connectivity index (χ1v) is 14.0. The van der Waals surface area contributed by atoms with E-state index < -0.39 is 30.8 Å². The number of fused-ring (bicyclic) bond motifs is 1. The van der Waals surface area contributed by atoms with Crippen molar-refractivity contribution in [1.82, 2.24) is 19.7 Å². The molecule has 0 amide bonds. The normalized spacial score (nSPS) is 12.4. The Morgan fingerprint density at radius 3 is 2.71 bits per heavy atom. The van der Waals surface area contributed by atoms with Crippen molar-refractivity contribution >= 4 is 43.5 Å². The van der Waals surface area contributed by atoms with Crippen molar-refractivity contribution in [2.45, 2.75) is 38.8 Å². The van der Waals surface area contributed by atoms with Crippen LogP contribution in [-0.4, -0.2) is 44.6 Å². The largest absolute Gasteiger partial charge is 0.487 e. The van der Waals surface area contributed by atoms with Crippen molar-refractivity contribution in [2.24, 2.45) is 0 Å². The van der Waals surface area contributed by atoms with Gasteiger partial charge in [-0.2, -0.15) is 22.7 Å². The number of carbonyl (C=O) groups excluding carboxylic acids is 1. The van der Waals surface area contributed by atoms with E-state index in [2.05, 4.69) is 31.0 Å². The second kappa shape index (κ2) is 12.5. The van der Waals surface area contributed by atoms with Crippen LogP contribution < -0.4 is 9.47 Å². The van der Waals surface area contributed by atoms with Crippen molar-refractivity contribution in [3.8, 4) is 22.3 Å². The van der Waals surface area contributed by atoms with Crippen molar-refractivity contribution in [2.75, 3.05) is 6.61 Å². The molecule has 0 spiro atoms. The Balaban J connectivity index is 1.41. The Morgan fingerprint density at radius 2 is 1.98 bits per heavy atom. The molecule has 0 aliphatic rings. The quantitative estimate of drug-likeness (QED) is 0.113. The van der Waals surface area contributed by atoms with E-state index in [0.29, 0.717) is 30.9 Å². The number of carbonyl (C=O) groups is 1. The number of aromatic nitrogens is 4. The van der Waals surface area contributed by atoms with Crippen molar-refractivity contribution in [3.05, 3.63) is 76.7 Å². The van der Waals surface area contributed by atoms with Crippen LogP contribution in [-0.2, 0) is 29.1 Å². The van der Waals surface area contributed by atoms with Gasteiger partial charge >= 0.3 is 12.1 Å². The van der Waals surface area contributed by atoms with Crippen molar-refractivity contribution in [3.63, 3.8) is 0 Å². The van der Waals surface area contributed by atoms with Gasteiger partial charge in [-0.05, 0) is 46.6 Å². The van der Waals surface area contributed by atoms with Gasteiger partial charge in [-0.3, -0.25) is 4.68 Å². The van der Waals surface area contributed by atoms with Crippen LogP contribution in [0.3, 0.4) is 0 Å². The van der Waals surface area contributed by atoms with Crippen LogP contribution in [0.15, 0.2) is 63.9 Å². The summed E-state index contributed by atoms with van der Waals surface area (Å²) in [6.45, 7) is 0.308. The Morgan fingerprint density at radius 1 is 1.17 bits per heavy atom. The molecule has 9 nitrogen and oxygen atoms in total. The average Bonchev–Trinajstić information content (AvgIpc) is 3.66. The third-order valence-electron chi connectivity index (χ3n) is 5.88. The van der Waals surface area contributed by atoms with E-state index in [1.807, 2.05) is 0 Å². The number of hydrogen-bond acceptors (Lipinski definition) is 9. The summed E-state index contributed by atoms with van der Waals surface area (Å²) in [5.74, 6) is 0.0238. The van der Waals surface area contributed by atoms with E-state index in [0.717, 1.165) is 4.68 Å². The van der Waals surface area contributed by atoms with Crippen LogP contribution in [0.5, 0.6) is 11.6 Å². The molecule has 0 aliphatic heterocycles. The maximum Gasteiger partial charge on any atom is 0.408 e. The third-order valence-corrected chi connectivity index (χ3v) is 8.05. The number of para-hydroxylation sites is 1. The number of nitrogens with zero attached hydrogens (tertiary/aromatic N) is 4. The number of halogens is 5. The van der Waals surface area contributed by atoms with Gasteiger partial charge in [0.1, 0.15) is 35.8 Å². The number of benzene rings is 1. The molecule has 42 heavy (non-hydrogen) atoms. The highest BCUT2D eigenvalue weighted by Crippen LogP contribution is 2.45. The summed E-state index contributed by atoms with van der Waals surface area (Å²) >= 11 is 4.72. The number of thiophene rings is 1. The summed E-state index contributed by atoms with van der Waals surface area (Å²) in [6.07, 6.45) is -3.10. The maximum atomic E-state index is 13.5. The standard InChI is InChI=1S/C27H21BrF4N4O5S/c1-2-38-26(37)19(41-24-21-22(28)23(18-7-8-20(29)40-18)42-25(21)34-14-33-24)11-15-5-3-4-6-17(15)39-12-16-9-10-35-36(16)13-27(30,31)32/h3-10,14,19H,2,11-13H2,1H3/t19-/m1/s1. The summed E-state index contributed by atoms with van der Waals surface area (Å²) in [7, 11) is 0. The topological polar surface area (TPSA) is 102 Å². The van der Waals surface area contributed by atoms with Crippen LogP contribution >= 0.6 is 27.3 Å². The van der Waals surface area contributed by atoms with Gasteiger partial charge in [0.05, 0.1) is 27.0 Å². The molecule has 4 heterocycles. The zero-order valence-electron chi connectivity index (χ0n) is 21.7. The Labute approximate surface area is 248 Å². The highest BCUT2D eigenvalue weighted by Gasteiger charge is 2.30. The van der Waals surface area contributed by atoms with Crippen LogP contribution in [0.2, 0.25) is 0 Å². The molecule has 0 unspecified atom stereocenters. The van der Waals surface area contributed by atoms with Gasteiger partial charge in [0.15, 0.2) is 0 Å². The van der Waals surface area contributed by atoms with E-state index in [9.17, 15) is 22.4 Å². The molecule has 220 valence electrons. The average molecular weight is 669 g/mol. The second-order valence-corrected chi connectivity index (χ2v) is 10.6. The highest BCUT2D eigenvalue weighted by atomic mass is 79.9. The molecule has 4 aromatic heterocycles. The molecule has 5 aromatic rings. The number of hydrogen-bond donors (Lipinski definition) is 0. The molecular weight excluding hydrogens is 648 g/mol. The fourth-order valence-electron chi connectivity index (χ4n) is 4.06. The number of furan rings is 1. The van der Waals surface area contributed by atoms with Gasteiger partial charge in [-0.1, -0.05) is 18.2 Å². The number of esters is 1. The minimum atomic E-state index is -4.44. The Kier molecular flexibility index (Phi) is 8.77. The summed E-state index contributed by atoms with van der Waals surface area (Å²) in [4.78, 5) is 22.6. The van der Waals surface area contributed by atoms with Gasteiger partial charge in [0, 0.05) is 18.7 Å². The fraction of sp³-hybridized carbons (Fsp3) is 0.259. The molecule has 0 radical (unpaired) electrons. The van der Waals surface area contributed by atoms with Crippen LogP contribution in [0.1, 0.15) is 18.2 Å². The first-order chi connectivity index (χ1) is 20.1. The lowest BCUT2D eigenvalue weighted by molar-refractivity contribution is -0.151. The molecule has 1 aromatic carbocycles. The molecule has 0 bridgehead atoms. The van der Waals surface area contributed by atoms with Gasteiger partial charge in [-0.15, -0.1) is 11.3 Å². The molecule has 0 aliphatic carbocycles. The predicted molar refractivity (Wildman–Crippen MR) is 147 cm³/mol. The molecule has 5 rings (SSSR count). The lowest BCUT2D eigenvalue weighted by Crippen LogP contribution is -2.32. The first kappa shape index (κ1) is 29.5. The lowest BCUT2D eigenvalue weighted by Gasteiger charge is -2.19. The van der Waals surface area contributed by atoms with E-state index >= 15 is 0 Å². The zero-order chi connectivity index (χ0) is 29.9. The number of rotatable bonds is 11. The van der Waals surface area contributed by atoms with E-state index in [1.54, 1.807) is 31.2 Å². The molecule has 15 heteroatoms. The van der Waals surface area contributed by atoms with E-state index in [1.165, 1.54) is 42.1 Å². The van der Waals surface area contributed by atoms with Crippen molar-refractivity contribution in [1.29, 1.82) is 0 Å². The molecule has 0 saturated carbocycles. The lowest BCUT2D eigenvalue weighted by atomic mass is 10.1. The number of ether oxygens (including phenoxy) is 3. The predicted octanol–water partition coefficient (Wildman–Crippen LogP) is 6.74. The van der Waals surface area contributed by atoms with Crippen LogP contribution in [0.4, 0.5) is 17.6 Å². The molecule has 0 saturated heterocycles. The Hall–Kier alpha value is -3.98. The molecule has 0 fully saturated rings. The molecule has 1 atom stereocenters. The minimum absolute atomic E-state index is 0.0136. The maximum absolute atomic E-state index is 13.5. The first-order valence-electron chi connectivity index (χ1n) is 12.4. The van der Waals surface area contributed by atoms with Crippen LogP contribution in [0, 0.1) is 6.01 Å². The van der Waals surface area contributed by atoms with Gasteiger partial charge in [-0.25, -0.2) is 14.8 Å². The molecular formula is C27H21BrF4N4O5S. The SMILES string of the molecule is CCOC(=O)[C@@H](Cc1ccccc1OCc1ccnn1CC(F)(F)F)Oc1ncnc2sc(-c3ccc(F)o3)c(Br)c12. The third kappa shape index (κ3) is 6.73. The minimum Gasteiger partial charge on any atom is -0.487 e. The molecule has 0 N–H and O–H groups in total. The van der Waals surface area contributed by atoms with Gasteiger partial charge < -0.3 is 18.6 Å². The number of alkyl halides is 3.